The van der Waals surface area contributed by atoms with Gasteiger partial charge in [-0.05, 0) is 36.8 Å². The van der Waals surface area contributed by atoms with Gasteiger partial charge < -0.3 is 15.2 Å². The zero-order chi connectivity index (χ0) is 12.8. The first kappa shape index (κ1) is 12.3. The number of benzene rings is 2. The highest BCUT2D eigenvalue weighted by atomic mass is 16.5. The van der Waals surface area contributed by atoms with Gasteiger partial charge in [0.25, 0.3) is 0 Å². The SMILES string of the molecule is CCOc1cccc(OCc2cccc(N)c2)c1. The maximum absolute atomic E-state index is 5.72. The summed E-state index contributed by atoms with van der Waals surface area (Å²) in [6.07, 6.45) is 0. The van der Waals surface area contributed by atoms with Crippen molar-refractivity contribution in [2.45, 2.75) is 13.5 Å². The summed E-state index contributed by atoms with van der Waals surface area (Å²) >= 11 is 0. The molecule has 0 unspecified atom stereocenters. The van der Waals surface area contributed by atoms with Crippen LogP contribution in [0, 0.1) is 0 Å². The highest BCUT2D eigenvalue weighted by Gasteiger charge is 1.99. The second-order valence-electron chi connectivity index (χ2n) is 3.94. The van der Waals surface area contributed by atoms with Crippen molar-refractivity contribution in [1.82, 2.24) is 0 Å². The second kappa shape index (κ2) is 5.96. The Kier molecular flexibility index (Phi) is 4.07. The van der Waals surface area contributed by atoms with E-state index in [1.807, 2.05) is 55.5 Å². The minimum absolute atomic E-state index is 0.501. The summed E-state index contributed by atoms with van der Waals surface area (Å²) in [7, 11) is 0. The van der Waals surface area contributed by atoms with E-state index in [1.54, 1.807) is 0 Å². The lowest BCUT2D eigenvalue weighted by atomic mass is 10.2. The quantitative estimate of drug-likeness (QED) is 0.820. The van der Waals surface area contributed by atoms with Crippen molar-refractivity contribution in [3.8, 4) is 11.5 Å². The summed E-state index contributed by atoms with van der Waals surface area (Å²) < 4.78 is 11.1. The molecular formula is C15H17NO2. The summed E-state index contributed by atoms with van der Waals surface area (Å²) in [5.74, 6) is 1.62. The summed E-state index contributed by atoms with van der Waals surface area (Å²) in [5, 5.41) is 0. The summed E-state index contributed by atoms with van der Waals surface area (Å²) in [4.78, 5) is 0. The maximum Gasteiger partial charge on any atom is 0.123 e. The fourth-order valence-electron chi connectivity index (χ4n) is 1.67. The van der Waals surface area contributed by atoms with E-state index in [2.05, 4.69) is 0 Å². The molecule has 2 N–H and O–H groups in total. The Morgan fingerprint density at radius 3 is 2.39 bits per heavy atom. The van der Waals surface area contributed by atoms with Crippen molar-refractivity contribution < 1.29 is 9.47 Å². The van der Waals surface area contributed by atoms with Gasteiger partial charge in [0.05, 0.1) is 6.61 Å². The summed E-state index contributed by atoms with van der Waals surface area (Å²) in [6.45, 7) is 3.11. The molecule has 2 rings (SSSR count). The molecule has 18 heavy (non-hydrogen) atoms. The molecule has 0 aliphatic carbocycles. The number of ether oxygens (including phenoxy) is 2. The molecule has 0 bridgehead atoms. The fourth-order valence-corrected chi connectivity index (χ4v) is 1.67. The van der Waals surface area contributed by atoms with Gasteiger partial charge in [0.1, 0.15) is 18.1 Å². The molecule has 0 heterocycles. The molecule has 0 aromatic heterocycles. The summed E-state index contributed by atoms with van der Waals surface area (Å²) in [5.41, 5.74) is 7.52. The highest BCUT2D eigenvalue weighted by molar-refractivity contribution is 5.40. The van der Waals surface area contributed by atoms with E-state index in [0.29, 0.717) is 13.2 Å². The van der Waals surface area contributed by atoms with E-state index in [-0.39, 0.29) is 0 Å². The van der Waals surface area contributed by atoms with Crippen LogP contribution in [0.2, 0.25) is 0 Å². The van der Waals surface area contributed by atoms with Crippen molar-refractivity contribution in [3.05, 3.63) is 54.1 Å². The monoisotopic (exact) mass is 243 g/mol. The molecule has 3 heteroatoms. The zero-order valence-electron chi connectivity index (χ0n) is 10.4. The van der Waals surface area contributed by atoms with Crippen LogP contribution in [0.5, 0.6) is 11.5 Å². The highest BCUT2D eigenvalue weighted by Crippen LogP contribution is 2.20. The standard InChI is InChI=1S/C15H17NO2/c1-2-17-14-7-4-8-15(10-14)18-11-12-5-3-6-13(16)9-12/h3-10H,2,11,16H2,1H3. The Labute approximate surface area is 107 Å². The molecule has 0 saturated heterocycles. The molecule has 2 aromatic carbocycles. The van der Waals surface area contributed by atoms with E-state index in [4.69, 9.17) is 15.2 Å². The minimum Gasteiger partial charge on any atom is -0.494 e. The minimum atomic E-state index is 0.501. The lowest BCUT2D eigenvalue weighted by Crippen LogP contribution is -1.97. The van der Waals surface area contributed by atoms with Crippen molar-refractivity contribution in [2.75, 3.05) is 12.3 Å². The fraction of sp³-hybridized carbons (Fsp3) is 0.200. The Bertz CT molecular complexity index is 511. The van der Waals surface area contributed by atoms with Crippen molar-refractivity contribution in [2.24, 2.45) is 0 Å². The molecule has 0 fully saturated rings. The van der Waals surface area contributed by atoms with Gasteiger partial charge in [0.2, 0.25) is 0 Å². The van der Waals surface area contributed by atoms with Gasteiger partial charge >= 0.3 is 0 Å². The third kappa shape index (κ3) is 3.42. The third-order valence-corrected chi connectivity index (χ3v) is 2.47. The molecule has 0 spiro atoms. The van der Waals surface area contributed by atoms with Crippen LogP contribution in [0.4, 0.5) is 5.69 Å². The first-order valence-corrected chi connectivity index (χ1v) is 5.98. The van der Waals surface area contributed by atoms with E-state index >= 15 is 0 Å². The van der Waals surface area contributed by atoms with E-state index in [9.17, 15) is 0 Å². The molecule has 0 amide bonds. The Morgan fingerprint density at radius 1 is 0.944 bits per heavy atom. The molecule has 0 aliphatic rings. The van der Waals surface area contributed by atoms with E-state index in [1.165, 1.54) is 0 Å². The van der Waals surface area contributed by atoms with Gasteiger partial charge in [0.15, 0.2) is 0 Å². The van der Waals surface area contributed by atoms with Crippen LogP contribution >= 0.6 is 0 Å². The third-order valence-electron chi connectivity index (χ3n) is 2.47. The average Bonchev–Trinajstić information content (AvgIpc) is 2.37. The molecular weight excluding hydrogens is 226 g/mol. The zero-order valence-corrected chi connectivity index (χ0v) is 10.4. The first-order chi connectivity index (χ1) is 8.78. The van der Waals surface area contributed by atoms with Crippen LogP contribution < -0.4 is 15.2 Å². The Balaban J connectivity index is 1.99. The van der Waals surface area contributed by atoms with Crippen molar-refractivity contribution in [1.29, 1.82) is 0 Å². The van der Waals surface area contributed by atoms with Gasteiger partial charge in [0, 0.05) is 11.8 Å². The molecule has 0 atom stereocenters. The lowest BCUT2D eigenvalue weighted by Gasteiger charge is -2.09. The maximum atomic E-state index is 5.72. The van der Waals surface area contributed by atoms with Crippen LogP contribution in [0.15, 0.2) is 48.5 Å². The van der Waals surface area contributed by atoms with Gasteiger partial charge in [-0.2, -0.15) is 0 Å². The van der Waals surface area contributed by atoms with Crippen LogP contribution in [-0.2, 0) is 6.61 Å². The van der Waals surface area contributed by atoms with Gasteiger partial charge in [-0.25, -0.2) is 0 Å². The van der Waals surface area contributed by atoms with E-state index in [0.717, 1.165) is 22.7 Å². The topological polar surface area (TPSA) is 44.5 Å². The normalized spacial score (nSPS) is 10.1. The molecule has 2 aromatic rings. The number of rotatable bonds is 5. The second-order valence-corrected chi connectivity index (χ2v) is 3.94. The molecule has 0 aliphatic heterocycles. The van der Waals surface area contributed by atoms with Crippen LogP contribution in [-0.4, -0.2) is 6.61 Å². The Hall–Kier alpha value is -2.16. The number of hydrogen-bond donors (Lipinski definition) is 1. The van der Waals surface area contributed by atoms with Gasteiger partial charge in [-0.3, -0.25) is 0 Å². The number of nitrogens with two attached hydrogens (primary N) is 1. The summed E-state index contributed by atoms with van der Waals surface area (Å²) in [6, 6.07) is 15.3. The predicted octanol–water partition coefficient (Wildman–Crippen LogP) is 3.25. The lowest BCUT2D eigenvalue weighted by molar-refractivity contribution is 0.299. The molecule has 0 saturated carbocycles. The molecule has 0 radical (unpaired) electrons. The largest absolute Gasteiger partial charge is 0.494 e. The number of hydrogen-bond acceptors (Lipinski definition) is 3. The first-order valence-electron chi connectivity index (χ1n) is 5.98. The van der Waals surface area contributed by atoms with Crippen molar-refractivity contribution >= 4 is 5.69 Å². The molecule has 94 valence electrons. The predicted molar refractivity (Wildman–Crippen MR) is 72.8 cm³/mol. The van der Waals surface area contributed by atoms with Crippen molar-refractivity contribution in [3.63, 3.8) is 0 Å². The molecule has 3 nitrogen and oxygen atoms in total. The average molecular weight is 243 g/mol. The van der Waals surface area contributed by atoms with Gasteiger partial charge in [-0.1, -0.05) is 18.2 Å². The number of nitrogen functional groups attached to an aromatic ring is 1. The number of anilines is 1. The van der Waals surface area contributed by atoms with Crippen LogP contribution in [0.3, 0.4) is 0 Å². The Morgan fingerprint density at radius 2 is 1.67 bits per heavy atom. The van der Waals surface area contributed by atoms with E-state index < -0.39 is 0 Å². The van der Waals surface area contributed by atoms with Gasteiger partial charge in [-0.15, -0.1) is 0 Å². The van der Waals surface area contributed by atoms with Crippen LogP contribution in [0.1, 0.15) is 12.5 Å². The van der Waals surface area contributed by atoms with Crippen LogP contribution in [0.25, 0.3) is 0 Å². The smallest absolute Gasteiger partial charge is 0.123 e.